The van der Waals surface area contributed by atoms with Gasteiger partial charge in [0.15, 0.2) is 0 Å². The third-order valence-electron chi connectivity index (χ3n) is 9.82. The highest BCUT2D eigenvalue weighted by Gasteiger charge is 2.61. The summed E-state index contributed by atoms with van der Waals surface area (Å²) in [4.78, 5) is 23.9. The van der Waals surface area contributed by atoms with E-state index in [0.717, 1.165) is 37.0 Å². The Kier molecular flexibility index (Phi) is 4.56. The summed E-state index contributed by atoms with van der Waals surface area (Å²) in [6.45, 7) is 10.5. The summed E-state index contributed by atoms with van der Waals surface area (Å²) in [5.74, 6) is 3.59. The van der Waals surface area contributed by atoms with Gasteiger partial charge in [-0.25, -0.2) is 0 Å². The number of esters is 1. The van der Waals surface area contributed by atoms with Crippen molar-refractivity contribution < 1.29 is 14.3 Å². The minimum absolute atomic E-state index is 0.135. The number of ether oxygens (including phenoxy) is 1. The molecule has 0 aromatic carbocycles. The molecule has 4 saturated carbocycles. The molecule has 0 aliphatic heterocycles. The van der Waals surface area contributed by atoms with Crippen LogP contribution in [0.4, 0.5) is 0 Å². The molecule has 0 aromatic rings. The van der Waals surface area contributed by atoms with Crippen LogP contribution in [0.25, 0.3) is 0 Å². The number of hydrogen-bond donors (Lipinski definition) is 0. The fourth-order valence-corrected chi connectivity index (χ4v) is 8.52. The number of ketones is 1. The van der Waals surface area contributed by atoms with Crippen LogP contribution < -0.4 is 0 Å². The summed E-state index contributed by atoms with van der Waals surface area (Å²) < 4.78 is 5.76. The highest BCUT2D eigenvalue weighted by molar-refractivity contribution is 5.79. The molecule has 3 nitrogen and oxygen atoms in total. The van der Waals surface area contributed by atoms with Crippen molar-refractivity contribution in [2.75, 3.05) is 0 Å². The summed E-state index contributed by atoms with van der Waals surface area (Å²) >= 11 is 0. The van der Waals surface area contributed by atoms with Crippen molar-refractivity contribution in [2.45, 2.75) is 98.0 Å². The third-order valence-corrected chi connectivity index (χ3v) is 9.82. The molecular weight excluding hydrogens is 336 g/mol. The van der Waals surface area contributed by atoms with E-state index in [9.17, 15) is 9.59 Å². The number of carbonyl (C=O) groups excluding carboxylic acids is 2. The van der Waals surface area contributed by atoms with Gasteiger partial charge in [0.05, 0.1) is 0 Å². The SMILES string of the molecule is CC(=O)O[C@]1(C)CC[C@@]2(C)[C@@H](CC[C@@H]3[C@@H]2CC[C@]2(C)[C@@H](C(C)=O)CC[C@@H]32)C1. The molecule has 4 fully saturated rings. The Hall–Kier alpha value is -0.860. The molecule has 0 saturated heterocycles. The molecule has 152 valence electrons. The fraction of sp³-hybridized carbons (Fsp3) is 0.917. The van der Waals surface area contributed by atoms with Gasteiger partial charge in [0, 0.05) is 12.8 Å². The molecule has 0 aromatic heterocycles. The van der Waals surface area contributed by atoms with Crippen LogP contribution in [0.3, 0.4) is 0 Å². The summed E-state index contributed by atoms with van der Waals surface area (Å²) in [5, 5.41) is 0. The summed E-state index contributed by atoms with van der Waals surface area (Å²) in [6, 6.07) is 0. The van der Waals surface area contributed by atoms with Gasteiger partial charge >= 0.3 is 5.97 Å². The Balaban J connectivity index is 1.56. The molecule has 0 bridgehead atoms. The number of fused-ring (bicyclic) bond motifs is 5. The first-order valence-corrected chi connectivity index (χ1v) is 11.3. The van der Waals surface area contributed by atoms with Gasteiger partial charge in [-0.1, -0.05) is 13.8 Å². The zero-order valence-corrected chi connectivity index (χ0v) is 18.0. The number of carbonyl (C=O) groups is 2. The molecule has 27 heavy (non-hydrogen) atoms. The van der Waals surface area contributed by atoms with Crippen LogP contribution in [-0.4, -0.2) is 17.4 Å². The van der Waals surface area contributed by atoms with E-state index in [2.05, 4.69) is 20.8 Å². The van der Waals surface area contributed by atoms with Gasteiger partial charge in [0.2, 0.25) is 0 Å². The summed E-state index contributed by atoms with van der Waals surface area (Å²) in [5.41, 5.74) is 0.369. The lowest BCUT2D eigenvalue weighted by atomic mass is 9.44. The van der Waals surface area contributed by atoms with Crippen molar-refractivity contribution >= 4 is 11.8 Å². The Morgan fingerprint density at radius 1 is 0.815 bits per heavy atom. The normalized spacial score (nSPS) is 51.7. The third kappa shape index (κ3) is 2.90. The maximum atomic E-state index is 12.3. The maximum absolute atomic E-state index is 12.3. The topological polar surface area (TPSA) is 43.4 Å². The average molecular weight is 375 g/mol. The lowest BCUT2D eigenvalue weighted by Crippen LogP contribution is -2.56. The lowest BCUT2D eigenvalue weighted by molar-refractivity contribution is -0.179. The van der Waals surface area contributed by atoms with Crippen molar-refractivity contribution in [3.63, 3.8) is 0 Å². The highest BCUT2D eigenvalue weighted by atomic mass is 16.6. The molecule has 0 heterocycles. The van der Waals surface area contributed by atoms with Crippen LogP contribution >= 0.6 is 0 Å². The van der Waals surface area contributed by atoms with Crippen LogP contribution in [0.15, 0.2) is 0 Å². The van der Waals surface area contributed by atoms with Crippen molar-refractivity contribution in [3.05, 3.63) is 0 Å². The molecule has 8 atom stereocenters. The summed E-state index contributed by atoms with van der Waals surface area (Å²) in [7, 11) is 0. The molecule has 4 aliphatic rings. The fourth-order valence-electron chi connectivity index (χ4n) is 8.52. The van der Waals surface area contributed by atoms with Crippen LogP contribution in [-0.2, 0) is 14.3 Å². The maximum Gasteiger partial charge on any atom is 0.303 e. The van der Waals surface area contributed by atoms with Crippen LogP contribution in [0.5, 0.6) is 0 Å². The first-order chi connectivity index (χ1) is 12.6. The van der Waals surface area contributed by atoms with Crippen LogP contribution in [0, 0.1) is 40.4 Å². The van der Waals surface area contributed by atoms with Crippen LogP contribution in [0.2, 0.25) is 0 Å². The van der Waals surface area contributed by atoms with Crippen molar-refractivity contribution in [1.29, 1.82) is 0 Å². The highest BCUT2D eigenvalue weighted by Crippen LogP contribution is 2.68. The molecule has 0 N–H and O–H groups in total. The van der Waals surface area contributed by atoms with Crippen molar-refractivity contribution in [3.8, 4) is 0 Å². The first kappa shape index (κ1) is 19.5. The van der Waals surface area contributed by atoms with E-state index in [1.165, 1.54) is 38.5 Å². The Bertz CT molecular complexity index is 642. The van der Waals surface area contributed by atoms with Gasteiger partial charge in [0.1, 0.15) is 11.4 Å². The Morgan fingerprint density at radius 3 is 2.19 bits per heavy atom. The van der Waals surface area contributed by atoms with E-state index >= 15 is 0 Å². The van der Waals surface area contributed by atoms with E-state index in [0.29, 0.717) is 23.0 Å². The van der Waals surface area contributed by atoms with E-state index in [1.807, 2.05) is 6.92 Å². The Labute approximate surface area is 165 Å². The molecule has 3 heteroatoms. The second-order valence-electron chi connectivity index (χ2n) is 11.2. The van der Waals surface area contributed by atoms with Crippen molar-refractivity contribution in [2.24, 2.45) is 40.4 Å². The zero-order valence-electron chi connectivity index (χ0n) is 18.0. The second-order valence-corrected chi connectivity index (χ2v) is 11.2. The molecule has 0 amide bonds. The van der Waals surface area contributed by atoms with Gasteiger partial charge in [-0.05, 0) is 106 Å². The van der Waals surface area contributed by atoms with Crippen molar-refractivity contribution in [1.82, 2.24) is 0 Å². The minimum Gasteiger partial charge on any atom is -0.460 e. The monoisotopic (exact) mass is 374 g/mol. The smallest absolute Gasteiger partial charge is 0.303 e. The predicted octanol–water partition coefficient (Wildman–Crippen LogP) is 5.56. The lowest BCUT2D eigenvalue weighted by Gasteiger charge is -2.62. The zero-order chi connectivity index (χ0) is 19.6. The molecular formula is C24H38O3. The van der Waals surface area contributed by atoms with E-state index in [1.54, 1.807) is 6.92 Å². The standard InChI is InChI=1S/C24H38O3/c1-15(25)19-8-9-20-18-7-6-17-14-22(3,27-16(2)26)12-13-23(17,4)21(18)10-11-24(19,20)5/h17-21H,6-14H2,1-5H3/t17-,18-,19+,20-,21-,22+,23-,24+/m0/s1. The largest absolute Gasteiger partial charge is 0.460 e. The summed E-state index contributed by atoms with van der Waals surface area (Å²) in [6.07, 6.45) is 10.7. The number of rotatable bonds is 2. The van der Waals surface area contributed by atoms with E-state index < -0.39 is 0 Å². The minimum atomic E-state index is -0.265. The molecule has 0 unspecified atom stereocenters. The number of hydrogen-bond acceptors (Lipinski definition) is 3. The van der Waals surface area contributed by atoms with Crippen LogP contribution in [0.1, 0.15) is 92.4 Å². The molecule has 4 aliphatic carbocycles. The second kappa shape index (κ2) is 6.32. The van der Waals surface area contributed by atoms with E-state index in [-0.39, 0.29) is 17.0 Å². The van der Waals surface area contributed by atoms with Gasteiger partial charge in [0.25, 0.3) is 0 Å². The number of Topliss-reactive ketones (excluding diaryl/α,β-unsaturated/α-hetero) is 1. The predicted molar refractivity (Wildman–Crippen MR) is 106 cm³/mol. The van der Waals surface area contributed by atoms with Gasteiger partial charge in [-0.15, -0.1) is 0 Å². The Morgan fingerprint density at radius 2 is 1.52 bits per heavy atom. The average Bonchev–Trinajstić information content (AvgIpc) is 2.92. The van der Waals surface area contributed by atoms with Gasteiger partial charge < -0.3 is 4.74 Å². The molecule has 0 radical (unpaired) electrons. The molecule has 0 spiro atoms. The van der Waals surface area contributed by atoms with E-state index in [4.69, 9.17) is 4.74 Å². The van der Waals surface area contributed by atoms with Gasteiger partial charge in [-0.2, -0.15) is 0 Å². The molecule has 4 rings (SSSR count). The van der Waals surface area contributed by atoms with Gasteiger partial charge in [-0.3, -0.25) is 9.59 Å². The quantitative estimate of drug-likeness (QED) is 0.595. The first-order valence-electron chi connectivity index (χ1n) is 11.3.